The number of methoxy groups -OCH3 is 1. The van der Waals surface area contributed by atoms with E-state index in [1.807, 2.05) is 0 Å². The average Bonchev–Trinajstić information content (AvgIpc) is 2.49. The van der Waals surface area contributed by atoms with Crippen molar-refractivity contribution in [3.63, 3.8) is 0 Å². The fraction of sp³-hybridized carbons (Fsp3) is 0.611. The minimum Gasteiger partial charge on any atom is -0.504 e. The zero-order valence-electron chi connectivity index (χ0n) is 14.3. The highest BCUT2D eigenvalue weighted by Gasteiger charge is 2.09. The molecule has 0 heterocycles. The number of benzene rings is 1. The van der Waals surface area contributed by atoms with Gasteiger partial charge in [0, 0.05) is 16.5 Å². The second-order valence-corrected chi connectivity index (χ2v) is 7.40. The van der Waals surface area contributed by atoms with Crippen LogP contribution in [0, 0.1) is 9.49 Å². The molecule has 0 atom stereocenters. The highest BCUT2D eigenvalue weighted by Crippen LogP contribution is 2.30. The molecule has 0 unspecified atom stereocenters. The van der Waals surface area contributed by atoms with Crippen molar-refractivity contribution in [3.8, 4) is 11.5 Å². The van der Waals surface area contributed by atoms with Crippen LogP contribution in [0.5, 0.6) is 11.5 Å². The quantitative estimate of drug-likeness (QED) is 0.418. The predicted molar refractivity (Wildman–Crippen MR) is 102 cm³/mol. The van der Waals surface area contributed by atoms with Gasteiger partial charge in [0.05, 0.1) is 7.11 Å². The Balaban J connectivity index is 2.28. The van der Waals surface area contributed by atoms with Crippen LogP contribution in [0.1, 0.15) is 57.9 Å². The number of hydrogen-bond acceptors (Lipinski definition) is 3. The fourth-order valence-corrected chi connectivity index (χ4v) is 3.00. The summed E-state index contributed by atoms with van der Waals surface area (Å²) in [5, 5.41) is 12.6. The number of carbonyl (C=O) groups excluding carboxylic acids is 1. The number of amides is 1. The molecule has 0 bridgehead atoms. The van der Waals surface area contributed by atoms with E-state index in [4.69, 9.17) is 4.74 Å². The molecule has 1 rings (SSSR count). The zero-order chi connectivity index (χ0) is 17.2. The molecule has 23 heavy (non-hydrogen) atoms. The molecule has 0 radical (unpaired) electrons. The van der Waals surface area contributed by atoms with Crippen LogP contribution in [-0.4, -0.2) is 18.1 Å². The minimum atomic E-state index is 0.0803. The van der Waals surface area contributed by atoms with Gasteiger partial charge in [0.25, 0.3) is 0 Å². The van der Waals surface area contributed by atoms with Gasteiger partial charge in [-0.3, -0.25) is 4.79 Å². The van der Waals surface area contributed by atoms with E-state index >= 15 is 0 Å². The maximum atomic E-state index is 11.9. The maximum absolute atomic E-state index is 11.9. The SMILES string of the molecule is COc1cc(CNC(=O)CCCCCCC(C)C)c(I)cc1O. The topological polar surface area (TPSA) is 58.6 Å². The van der Waals surface area contributed by atoms with Crippen molar-refractivity contribution >= 4 is 28.5 Å². The largest absolute Gasteiger partial charge is 0.504 e. The molecule has 0 saturated heterocycles. The average molecular weight is 433 g/mol. The molecule has 0 fully saturated rings. The summed E-state index contributed by atoms with van der Waals surface area (Å²) in [6.45, 7) is 4.95. The Bertz CT molecular complexity index is 503. The summed E-state index contributed by atoms with van der Waals surface area (Å²) in [5.74, 6) is 1.40. The van der Waals surface area contributed by atoms with Crippen molar-refractivity contribution in [1.29, 1.82) is 0 Å². The van der Waals surface area contributed by atoms with Gasteiger partial charge >= 0.3 is 0 Å². The summed E-state index contributed by atoms with van der Waals surface area (Å²) in [6, 6.07) is 3.42. The Kier molecular flexibility index (Phi) is 9.36. The maximum Gasteiger partial charge on any atom is 0.220 e. The van der Waals surface area contributed by atoms with Crippen LogP contribution >= 0.6 is 22.6 Å². The summed E-state index contributed by atoms with van der Waals surface area (Å²) < 4.78 is 6.01. The highest BCUT2D eigenvalue weighted by molar-refractivity contribution is 14.1. The molecular formula is C18H28INO3. The van der Waals surface area contributed by atoms with E-state index in [1.54, 1.807) is 12.1 Å². The van der Waals surface area contributed by atoms with Crippen LogP contribution in [-0.2, 0) is 11.3 Å². The fourth-order valence-electron chi connectivity index (χ4n) is 2.36. The molecule has 1 aromatic carbocycles. The number of rotatable bonds is 10. The molecule has 0 aliphatic heterocycles. The van der Waals surface area contributed by atoms with E-state index in [-0.39, 0.29) is 11.7 Å². The number of halogens is 1. The molecule has 0 saturated carbocycles. The Morgan fingerprint density at radius 3 is 2.61 bits per heavy atom. The van der Waals surface area contributed by atoms with Crippen molar-refractivity contribution in [2.75, 3.05) is 7.11 Å². The number of ether oxygens (including phenoxy) is 1. The summed E-state index contributed by atoms with van der Waals surface area (Å²) >= 11 is 2.15. The third-order valence-electron chi connectivity index (χ3n) is 3.76. The lowest BCUT2D eigenvalue weighted by atomic mass is 10.0. The zero-order valence-corrected chi connectivity index (χ0v) is 16.5. The van der Waals surface area contributed by atoms with E-state index in [2.05, 4.69) is 41.8 Å². The van der Waals surface area contributed by atoms with Gasteiger partial charge < -0.3 is 15.2 Å². The van der Waals surface area contributed by atoms with E-state index in [0.717, 1.165) is 27.9 Å². The Morgan fingerprint density at radius 2 is 1.96 bits per heavy atom. The Labute approximate surface area is 153 Å². The lowest BCUT2D eigenvalue weighted by Crippen LogP contribution is -2.22. The van der Waals surface area contributed by atoms with E-state index in [9.17, 15) is 9.90 Å². The minimum absolute atomic E-state index is 0.0803. The molecule has 2 N–H and O–H groups in total. The molecule has 0 aliphatic rings. The monoisotopic (exact) mass is 433 g/mol. The van der Waals surface area contributed by atoms with E-state index in [0.29, 0.717) is 18.7 Å². The first-order valence-electron chi connectivity index (χ1n) is 8.26. The number of phenolic OH excluding ortho intramolecular Hbond substituents is 1. The van der Waals surface area contributed by atoms with Gasteiger partial charge in [-0.15, -0.1) is 0 Å². The second-order valence-electron chi connectivity index (χ2n) is 6.24. The van der Waals surface area contributed by atoms with Crippen LogP contribution in [0.2, 0.25) is 0 Å². The molecule has 0 spiro atoms. The molecule has 0 aromatic heterocycles. The Morgan fingerprint density at radius 1 is 1.26 bits per heavy atom. The van der Waals surface area contributed by atoms with Crippen molar-refractivity contribution in [2.24, 2.45) is 5.92 Å². The number of phenols is 1. The van der Waals surface area contributed by atoms with E-state index in [1.165, 1.54) is 26.4 Å². The number of aromatic hydroxyl groups is 1. The van der Waals surface area contributed by atoms with Gasteiger partial charge in [0.1, 0.15) is 0 Å². The third-order valence-corrected chi connectivity index (χ3v) is 4.76. The van der Waals surface area contributed by atoms with E-state index < -0.39 is 0 Å². The first-order chi connectivity index (χ1) is 10.9. The number of hydrogen-bond donors (Lipinski definition) is 2. The smallest absolute Gasteiger partial charge is 0.220 e. The lowest BCUT2D eigenvalue weighted by molar-refractivity contribution is -0.121. The second kappa shape index (κ2) is 10.7. The van der Waals surface area contributed by atoms with Gasteiger partial charge in [-0.05, 0) is 52.6 Å². The summed E-state index contributed by atoms with van der Waals surface area (Å²) in [7, 11) is 1.52. The van der Waals surface area contributed by atoms with Crippen LogP contribution in [0.3, 0.4) is 0 Å². The van der Waals surface area contributed by atoms with Crippen LogP contribution < -0.4 is 10.1 Å². The van der Waals surface area contributed by atoms with Crippen LogP contribution in [0.25, 0.3) is 0 Å². The molecule has 130 valence electrons. The van der Waals surface area contributed by atoms with Crippen molar-refractivity contribution in [1.82, 2.24) is 5.32 Å². The predicted octanol–water partition coefficient (Wildman–Crippen LogP) is 4.62. The van der Waals surface area contributed by atoms with Gasteiger partial charge in [0.15, 0.2) is 11.5 Å². The van der Waals surface area contributed by atoms with Gasteiger partial charge in [-0.2, -0.15) is 0 Å². The van der Waals surface area contributed by atoms with Crippen molar-refractivity contribution < 1.29 is 14.6 Å². The van der Waals surface area contributed by atoms with Gasteiger partial charge in [0.2, 0.25) is 5.91 Å². The first kappa shape index (κ1) is 20.1. The first-order valence-corrected chi connectivity index (χ1v) is 9.34. The summed E-state index contributed by atoms with van der Waals surface area (Å²) in [6.07, 6.45) is 6.37. The summed E-state index contributed by atoms with van der Waals surface area (Å²) in [5.41, 5.74) is 0.950. The van der Waals surface area contributed by atoms with Crippen LogP contribution in [0.15, 0.2) is 12.1 Å². The van der Waals surface area contributed by atoms with Crippen molar-refractivity contribution in [2.45, 2.75) is 58.9 Å². The summed E-state index contributed by atoms with van der Waals surface area (Å²) in [4.78, 5) is 11.9. The molecular weight excluding hydrogens is 405 g/mol. The molecule has 0 aliphatic carbocycles. The normalized spacial score (nSPS) is 10.8. The van der Waals surface area contributed by atoms with Gasteiger partial charge in [-0.25, -0.2) is 0 Å². The highest BCUT2D eigenvalue weighted by atomic mass is 127. The lowest BCUT2D eigenvalue weighted by Gasteiger charge is -2.10. The molecule has 1 aromatic rings. The van der Waals surface area contributed by atoms with Crippen molar-refractivity contribution in [3.05, 3.63) is 21.3 Å². The van der Waals surface area contributed by atoms with Gasteiger partial charge in [-0.1, -0.05) is 39.5 Å². The number of nitrogens with one attached hydrogen (secondary N) is 1. The Hall–Kier alpha value is -0.980. The standard InChI is InChI=1S/C18H28INO3/c1-13(2)8-6-4-5-7-9-18(22)20-12-14-10-17(23-3)16(21)11-15(14)19/h10-11,13,21H,4-9,12H2,1-3H3,(H,20,22). The molecule has 4 nitrogen and oxygen atoms in total. The number of unbranched alkanes of at least 4 members (excludes halogenated alkanes) is 3. The molecule has 1 amide bonds. The third kappa shape index (κ3) is 7.90. The van der Waals surface area contributed by atoms with Crippen LogP contribution in [0.4, 0.5) is 0 Å². The molecule has 5 heteroatoms. The number of carbonyl (C=O) groups is 1.